The van der Waals surface area contributed by atoms with E-state index in [9.17, 15) is 9.59 Å². The molecule has 0 N–H and O–H groups in total. The van der Waals surface area contributed by atoms with E-state index in [0.717, 1.165) is 11.1 Å². The molecule has 0 fully saturated rings. The topological polar surface area (TPSA) is 59.9 Å². The molecule has 0 amide bonds. The van der Waals surface area contributed by atoms with Gasteiger partial charge in [0.2, 0.25) is 11.6 Å². The summed E-state index contributed by atoms with van der Waals surface area (Å²) >= 11 is 0. The van der Waals surface area contributed by atoms with E-state index in [1.807, 2.05) is 13.8 Å². The monoisotopic (exact) mass is 238 g/mol. The molecule has 1 aliphatic rings. The standard InChI is InChI=1S/C14H10N2O2/c1-7-3-9-11(15-5-7)14(18)10-4-8(2)6-16-12(10)13(9)17/h3-6H,1-2H3. The third kappa shape index (κ3) is 1.39. The first-order chi connectivity index (χ1) is 8.58. The molecule has 0 spiro atoms. The van der Waals surface area contributed by atoms with Gasteiger partial charge in [0.1, 0.15) is 11.4 Å². The van der Waals surface area contributed by atoms with Crippen LogP contribution in [0.25, 0.3) is 0 Å². The van der Waals surface area contributed by atoms with Crippen molar-refractivity contribution in [3.05, 3.63) is 58.2 Å². The van der Waals surface area contributed by atoms with Gasteiger partial charge in [-0.3, -0.25) is 19.6 Å². The van der Waals surface area contributed by atoms with Gasteiger partial charge in [-0.2, -0.15) is 0 Å². The average Bonchev–Trinajstić information content (AvgIpc) is 2.36. The Morgan fingerprint density at radius 3 is 1.56 bits per heavy atom. The number of pyridine rings is 2. The Bertz CT molecular complexity index is 643. The maximum atomic E-state index is 12.3. The molecule has 88 valence electrons. The Balaban J connectivity index is 2.31. The van der Waals surface area contributed by atoms with E-state index < -0.39 is 0 Å². The van der Waals surface area contributed by atoms with Crippen molar-refractivity contribution >= 4 is 11.6 Å². The van der Waals surface area contributed by atoms with Crippen molar-refractivity contribution in [1.82, 2.24) is 9.97 Å². The molecule has 0 saturated heterocycles. The highest BCUT2D eigenvalue weighted by atomic mass is 16.1. The van der Waals surface area contributed by atoms with E-state index >= 15 is 0 Å². The SMILES string of the molecule is Cc1cnc2c(c1)C(=O)c1ncc(C)cc1C2=O. The van der Waals surface area contributed by atoms with Crippen molar-refractivity contribution in [2.45, 2.75) is 13.8 Å². The molecular weight excluding hydrogens is 228 g/mol. The number of hydrogen-bond donors (Lipinski definition) is 0. The lowest BCUT2D eigenvalue weighted by Crippen LogP contribution is -2.23. The fourth-order valence-electron chi connectivity index (χ4n) is 2.10. The van der Waals surface area contributed by atoms with Crippen LogP contribution in [0.5, 0.6) is 0 Å². The number of aromatic nitrogens is 2. The second kappa shape index (κ2) is 3.57. The summed E-state index contributed by atoms with van der Waals surface area (Å²) in [4.78, 5) is 32.7. The highest BCUT2D eigenvalue weighted by Gasteiger charge is 2.31. The molecule has 0 saturated carbocycles. The molecule has 0 atom stereocenters. The van der Waals surface area contributed by atoms with Crippen molar-refractivity contribution in [1.29, 1.82) is 0 Å². The van der Waals surface area contributed by atoms with Crippen molar-refractivity contribution in [3.63, 3.8) is 0 Å². The van der Waals surface area contributed by atoms with Crippen LogP contribution in [0.2, 0.25) is 0 Å². The van der Waals surface area contributed by atoms with Gasteiger partial charge in [-0.1, -0.05) is 0 Å². The minimum absolute atomic E-state index is 0.226. The Labute approximate surface area is 104 Å². The number of carbonyl (C=O) groups is 2. The second-order valence-corrected chi connectivity index (χ2v) is 4.48. The van der Waals surface area contributed by atoms with Crippen LogP contribution in [0.4, 0.5) is 0 Å². The summed E-state index contributed by atoms with van der Waals surface area (Å²) in [6, 6.07) is 3.38. The zero-order chi connectivity index (χ0) is 12.9. The summed E-state index contributed by atoms with van der Waals surface area (Å²) < 4.78 is 0. The first-order valence-electron chi connectivity index (χ1n) is 5.60. The van der Waals surface area contributed by atoms with Crippen LogP contribution in [0, 0.1) is 13.8 Å². The third-order valence-electron chi connectivity index (χ3n) is 2.97. The van der Waals surface area contributed by atoms with Crippen LogP contribution in [-0.2, 0) is 0 Å². The summed E-state index contributed by atoms with van der Waals surface area (Å²) in [6.45, 7) is 3.67. The predicted octanol–water partition coefficient (Wildman–Crippen LogP) is 1.87. The first kappa shape index (κ1) is 10.8. The van der Waals surface area contributed by atoms with Crippen molar-refractivity contribution in [3.8, 4) is 0 Å². The van der Waals surface area contributed by atoms with E-state index in [4.69, 9.17) is 0 Å². The normalized spacial score (nSPS) is 13.2. The summed E-state index contributed by atoms with van der Waals surface area (Å²) in [5.41, 5.74) is 2.86. The lowest BCUT2D eigenvalue weighted by Gasteiger charge is -2.16. The number of ketones is 2. The molecule has 18 heavy (non-hydrogen) atoms. The van der Waals surface area contributed by atoms with Crippen molar-refractivity contribution in [2.24, 2.45) is 0 Å². The Hall–Kier alpha value is -2.36. The van der Waals surface area contributed by atoms with Gasteiger partial charge < -0.3 is 0 Å². The van der Waals surface area contributed by atoms with E-state index in [1.165, 1.54) is 0 Å². The number of rotatable bonds is 0. The molecule has 0 aliphatic heterocycles. The van der Waals surface area contributed by atoms with Crippen LogP contribution < -0.4 is 0 Å². The Kier molecular flexibility index (Phi) is 2.13. The minimum Gasteiger partial charge on any atom is -0.287 e. The first-order valence-corrected chi connectivity index (χ1v) is 5.60. The maximum Gasteiger partial charge on any atom is 0.214 e. The zero-order valence-electron chi connectivity index (χ0n) is 10.0. The van der Waals surface area contributed by atoms with Crippen molar-refractivity contribution in [2.75, 3.05) is 0 Å². The Morgan fingerprint density at radius 1 is 0.778 bits per heavy atom. The zero-order valence-corrected chi connectivity index (χ0v) is 10.0. The molecule has 3 rings (SSSR count). The van der Waals surface area contributed by atoms with Gasteiger partial charge in [0, 0.05) is 12.4 Å². The molecule has 4 nitrogen and oxygen atoms in total. The minimum atomic E-state index is -0.226. The molecule has 0 bridgehead atoms. The van der Waals surface area contributed by atoms with Gasteiger partial charge >= 0.3 is 0 Å². The van der Waals surface area contributed by atoms with Gasteiger partial charge in [-0.25, -0.2) is 0 Å². The van der Waals surface area contributed by atoms with Gasteiger partial charge in [-0.15, -0.1) is 0 Å². The van der Waals surface area contributed by atoms with Crippen LogP contribution in [-0.4, -0.2) is 21.5 Å². The number of carbonyl (C=O) groups excluding carboxylic acids is 2. The number of aryl methyl sites for hydroxylation is 2. The summed E-state index contributed by atoms with van der Waals surface area (Å²) in [5.74, 6) is -0.452. The maximum absolute atomic E-state index is 12.3. The van der Waals surface area contributed by atoms with Crippen LogP contribution in [0.3, 0.4) is 0 Å². The fourth-order valence-corrected chi connectivity index (χ4v) is 2.10. The quantitative estimate of drug-likeness (QED) is 0.600. The molecule has 2 heterocycles. The molecule has 4 heteroatoms. The molecule has 0 unspecified atom stereocenters. The van der Waals surface area contributed by atoms with Gasteiger partial charge in [0.05, 0.1) is 11.1 Å². The smallest absolute Gasteiger partial charge is 0.214 e. The van der Waals surface area contributed by atoms with E-state index in [2.05, 4.69) is 9.97 Å². The molecule has 0 radical (unpaired) electrons. The molecular formula is C14H10N2O2. The number of hydrogen-bond acceptors (Lipinski definition) is 4. The summed E-state index contributed by atoms with van der Waals surface area (Å²) in [6.07, 6.45) is 3.19. The summed E-state index contributed by atoms with van der Waals surface area (Å²) in [7, 11) is 0. The van der Waals surface area contributed by atoms with Crippen LogP contribution in [0.15, 0.2) is 24.5 Å². The van der Waals surface area contributed by atoms with Gasteiger partial charge in [0.25, 0.3) is 0 Å². The van der Waals surface area contributed by atoms with Crippen LogP contribution >= 0.6 is 0 Å². The highest BCUT2D eigenvalue weighted by molar-refractivity contribution is 6.26. The van der Waals surface area contributed by atoms with E-state index in [-0.39, 0.29) is 23.0 Å². The highest BCUT2D eigenvalue weighted by Crippen LogP contribution is 2.25. The second-order valence-electron chi connectivity index (χ2n) is 4.48. The summed E-state index contributed by atoms with van der Waals surface area (Å²) in [5, 5.41) is 0. The van der Waals surface area contributed by atoms with Crippen LogP contribution in [0.1, 0.15) is 43.2 Å². The lowest BCUT2D eigenvalue weighted by atomic mass is 9.89. The predicted molar refractivity (Wildman–Crippen MR) is 64.8 cm³/mol. The van der Waals surface area contributed by atoms with E-state index in [0.29, 0.717) is 11.1 Å². The average molecular weight is 238 g/mol. The number of fused-ring (bicyclic) bond motifs is 2. The third-order valence-corrected chi connectivity index (χ3v) is 2.97. The molecule has 2 aromatic rings. The molecule has 2 aromatic heterocycles. The van der Waals surface area contributed by atoms with Gasteiger partial charge in [0.15, 0.2) is 0 Å². The number of nitrogens with zero attached hydrogens (tertiary/aromatic N) is 2. The molecule has 0 aromatic carbocycles. The van der Waals surface area contributed by atoms with E-state index in [1.54, 1.807) is 24.5 Å². The van der Waals surface area contributed by atoms with Crippen molar-refractivity contribution < 1.29 is 9.59 Å². The molecule has 1 aliphatic carbocycles. The largest absolute Gasteiger partial charge is 0.287 e. The fraction of sp³-hybridized carbons (Fsp3) is 0.143. The van der Waals surface area contributed by atoms with Gasteiger partial charge in [-0.05, 0) is 37.1 Å². The lowest BCUT2D eigenvalue weighted by molar-refractivity contribution is 0.0971. The Morgan fingerprint density at radius 2 is 1.17 bits per heavy atom.